The van der Waals surface area contributed by atoms with E-state index in [-0.39, 0.29) is 16.0 Å². The van der Waals surface area contributed by atoms with Gasteiger partial charge in [0, 0.05) is 23.9 Å². The molecule has 1 aromatic carbocycles. The lowest BCUT2D eigenvalue weighted by Crippen LogP contribution is -2.36. The summed E-state index contributed by atoms with van der Waals surface area (Å²) in [5, 5.41) is 0.363. The van der Waals surface area contributed by atoms with Gasteiger partial charge in [0.15, 0.2) is 0 Å². The van der Waals surface area contributed by atoms with Gasteiger partial charge in [-0.2, -0.15) is 0 Å². The summed E-state index contributed by atoms with van der Waals surface area (Å²) in [6.07, 6.45) is 2.67. The van der Waals surface area contributed by atoms with E-state index < -0.39 is 10.0 Å². The van der Waals surface area contributed by atoms with Crippen LogP contribution < -0.4 is 4.72 Å². The third kappa shape index (κ3) is 3.48. The third-order valence-electron chi connectivity index (χ3n) is 4.71. The molecule has 26 heavy (non-hydrogen) atoms. The van der Waals surface area contributed by atoms with E-state index in [2.05, 4.69) is 4.72 Å². The van der Waals surface area contributed by atoms with Crippen LogP contribution in [0.2, 0.25) is 5.02 Å². The molecule has 0 atom stereocenters. The Morgan fingerprint density at radius 2 is 2.08 bits per heavy atom. The van der Waals surface area contributed by atoms with Crippen molar-refractivity contribution in [1.29, 1.82) is 0 Å². The van der Waals surface area contributed by atoms with Crippen molar-refractivity contribution in [2.45, 2.75) is 36.9 Å². The topological polar surface area (TPSA) is 66.5 Å². The lowest BCUT2D eigenvalue weighted by atomic mass is 10.1. The zero-order valence-corrected chi connectivity index (χ0v) is 16.7. The van der Waals surface area contributed by atoms with Gasteiger partial charge < -0.3 is 4.90 Å². The Kier molecular flexibility index (Phi) is 4.49. The first-order valence-corrected chi connectivity index (χ1v) is 11.2. The summed E-state index contributed by atoms with van der Waals surface area (Å²) in [7, 11) is -3.71. The van der Waals surface area contributed by atoms with Gasteiger partial charge in [-0.05, 0) is 55.5 Å². The lowest BCUT2D eigenvalue weighted by molar-refractivity contribution is -0.133. The van der Waals surface area contributed by atoms with Crippen molar-refractivity contribution in [3.05, 3.63) is 45.3 Å². The Morgan fingerprint density at radius 3 is 2.81 bits per heavy atom. The van der Waals surface area contributed by atoms with Gasteiger partial charge in [0.25, 0.3) is 10.0 Å². The Balaban J connectivity index is 1.57. The quantitative estimate of drug-likeness (QED) is 0.833. The van der Waals surface area contributed by atoms with Gasteiger partial charge >= 0.3 is 0 Å². The zero-order chi connectivity index (χ0) is 18.5. The number of amides is 1. The maximum absolute atomic E-state index is 12.8. The normalized spacial score (nSPS) is 17.1. The first kappa shape index (κ1) is 17.8. The summed E-state index contributed by atoms with van der Waals surface area (Å²) >= 11 is 7.39. The van der Waals surface area contributed by atoms with Crippen molar-refractivity contribution in [1.82, 2.24) is 4.90 Å². The average Bonchev–Trinajstić information content (AvgIpc) is 3.35. The number of nitrogens with zero attached hydrogens (tertiary/aromatic N) is 1. The van der Waals surface area contributed by atoms with Crippen LogP contribution in [0.3, 0.4) is 0 Å². The first-order chi connectivity index (χ1) is 12.3. The number of fused-ring (bicyclic) bond motifs is 1. The van der Waals surface area contributed by atoms with E-state index in [1.165, 1.54) is 11.3 Å². The Hall–Kier alpha value is -1.57. The monoisotopic (exact) mass is 410 g/mol. The molecule has 0 saturated heterocycles. The summed E-state index contributed by atoms with van der Waals surface area (Å²) < 4.78 is 28.4. The Labute approximate surface area is 162 Å². The average molecular weight is 411 g/mol. The van der Waals surface area contributed by atoms with Crippen LogP contribution in [-0.4, -0.2) is 25.8 Å². The molecule has 1 aromatic heterocycles. The minimum absolute atomic E-state index is 0.184. The molecule has 4 rings (SSSR count). The molecule has 0 unspecified atom stereocenters. The Morgan fingerprint density at radius 1 is 1.31 bits per heavy atom. The molecule has 5 nitrogen and oxygen atoms in total. The number of benzene rings is 1. The molecular weight excluding hydrogens is 392 g/mol. The van der Waals surface area contributed by atoms with E-state index in [1.54, 1.807) is 18.2 Å². The van der Waals surface area contributed by atoms with Crippen molar-refractivity contribution in [3.63, 3.8) is 0 Å². The number of sulfonamides is 1. The van der Waals surface area contributed by atoms with E-state index >= 15 is 0 Å². The number of hydrogen-bond acceptors (Lipinski definition) is 4. The third-order valence-corrected chi connectivity index (χ3v) is 8.12. The highest BCUT2D eigenvalue weighted by Gasteiger charge is 2.35. The maximum atomic E-state index is 12.8. The van der Waals surface area contributed by atoms with Gasteiger partial charge in [-0.15, -0.1) is 11.3 Å². The molecule has 1 saturated carbocycles. The van der Waals surface area contributed by atoms with Gasteiger partial charge in [0.05, 0.1) is 10.7 Å². The maximum Gasteiger partial charge on any atom is 0.271 e. The van der Waals surface area contributed by atoms with Crippen LogP contribution in [-0.2, 0) is 27.8 Å². The van der Waals surface area contributed by atoms with E-state index in [4.69, 9.17) is 11.6 Å². The van der Waals surface area contributed by atoms with Crippen LogP contribution in [0.4, 0.5) is 5.69 Å². The molecule has 2 aliphatic rings. The fraction of sp³-hybridized carbons (Fsp3) is 0.389. The van der Waals surface area contributed by atoms with E-state index in [0.29, 0.717) is 30.2 Å². The predicted octanol–water partition coefficient (Wildman–Crippen LogP) is 3.81. The van der Waals surface area contributed by atoms with Gasteiger partial charge in [0.2, 0.25) is 5.91 Å². The van der Waals surface area contributed by atoms with Crippen LogP contribution in [0.25, 0.3) is 0 Å². The number of carbonyl (C=O) groups is 1. The minimum Gasteiger partial charge on any atom is -0.338 e. The SMILES string of the molecule is Cc1ccc(Cl)c(NS(=O)(=O)c2cc3c(s2)CCN(C(=O)C2CC2)C3)c1. The fourth-order valence-corrected chi connectivity index (χ4v) is 5.96. The van der Waals surface area contributed by atoms with Crippen molar-refractivity contribution in [3.8, 4) is 0 Å². The molecule has 1 aliphatic heterocycles. The highest BCUT2D eigenvalue weighted by molar-refractivity contribution is 7.94. The summed E-state index contributed by atoms with van der Waals surface area (Å²) in [6, 6.07) is 6.91. The molecule has 1 amide bonds. The summed E-state index contributed by atoms with van der Waals surface area (Å²) in [5.74, 6) is 0.388. The fourth-order valence-electron chi connectivity index (χ4n) is 3.13. The number of rotatable bonds is 4. The van der Waals surface area contributed by atoms with Gasteiger partial charge in [-0.3, -0.25) is 9.52 Å². The molecule has 1 aliphatic carbocycles. The highest BCUT2D eigenvalue weighted by Crippen LogP contribution is 2.36. The second kappa shape index (κ2) is 6.55. The first-order valence-electron chi connectivity index (χ1n) is 8.53. The second-order valence-corrected chi connectivity index (χ2v) is 10.3. The number of hydrogen-bond donors (Lipinski definition) is 1. The van der Waals surface area contributed by atoms with Crippen LogP contribution in [0, 0.1) is 12.8 Å². The van der Waals surface area contributed by atoms with E-state index in [1.807, 2.05) is 17.9 Å². The van der Waals surface area contributed by atoms with Crippen molar-refractivity contribution in [2.75, 3.05) is 11.3 Å². The molecular formula is C18H19ClN2O3S2. The summed E-state index contributed by atoms with van der Waals surface area (Å²) in [6.45, 7) is 3.05. The summed E-state index contributed by atoms with van der Waals surface area (Å²) in [5.41, 5.74) is 2.24. The molecule has 2 aromatic rings. The van der Waals surface area contributed by atoms with Crippen molar-refractivity contribution < 1.29 is 13.2 Å². The molecule has 8 heteroatoms. The van der Waals surface area contributed by atoms with Gasteiger partial charge in [0.1, 0.15) is 4.21 Å². The number of carbonyl (C=O) groups excluding carboxylic acids is 1. The minimum atomic E-state index is -3.71. The molecule has 0 radical (unpaired) electrons. The molecule has 0 bridgehead atoms. The molecule has 1 N–H and O–H groups in total. The Bertz CT molecular complexity index is 980. The molecule has 1 fully saturated rings. The van der Waals surface area contributed by atoms with E-state index in [9.17, 15) is 13.2 Å². The smallest absolute Gasteiger partial charge is 0.271 e. The largest absolute Gasteiger partial charge is 0.338 e. The van der Waals surface area contributed by atoms with E-state index in [0.717, 1.165) is 28.8 Å². The highest BCUT2D eigenvalue weighted by atomic mass is 35.5. The van der Waals surface area contributed by atoms with Crippen molar-refractivity contribution >= 4 is 44.6 Å². The number of aryl methyl sites for hydroxylation is 1. The lowest BCUT2D eigenvalue weighted by Gasteiger charge is -2.26. The van der Waals surface area contributed by atoms with Gasteiger partial charge in [-0.1, -0.05) is 17.7 Å². The van der Waals surface area contributed by atoms with Crippen LogP contribution in [0.15, 0.2) is 28.5 Å². The van der Waals surface area contributed by atoms with Crippen LogP contribution >= 0.6 is 22.9 Å². The number of anilines is 1. The molecule has 0 spiro atoms. The second-order valence-electron chi connectivity index (χ2n) is 6.89. The van der Waals surface area contributed by atoms with Crippen molar-refractivity contribution in [2.24, 2.45) is 5.92 Å². The molecule has 2 heterocycles. The zero-order valence-electron chi connectivity index (χ0n) is 14.3. The number of thiophene rings is 1. The molecule has 138 valence electrons. The predicted molar refractivity (Wildman–Crippen MR) is 103 cm³/mol. The van der Waals surface area contributed by atoms with Crippen LogP contribution in [0.1, 0.15) is 28.8 Å². The van der Waals surface area contributed by atoms with Crippen LogP contribution in [0.5, 0.6) is 0 Å². The number of nitrogens with one attached hydrogen (secondary N) is 1. The number of halogens is 1. The summed E-state index contributed by atoms with van der Waals surface area (Å²) in [4.78, 5) is 15.2. The van der Waals surface area contributed by atoms with Gasteiger partial charge in [-0.25, -0.2) is 8.42 Å². The standard InChI is InChI=1S/C18H19ClN2O3S2/c1-11-2-5-14(19)15(8-11)20-26(23,24)17-9-13-10-21(7-6-16(13)25-17)18(22)12-3-4-12/h2,5,8-9,12,20H,3-4,6-7,10H2,1H3.